The van der Waals surface area contributed by atoms with Gasteiger partial charge in [-0.25, -0.2) is 15.0 Å². The van der Waals surface area contributed by atoms with Crippen molar-refractivity contribution in [2.75, 3.05) is 27.3 Å². The molecule has 0 unspecified atom stereocenters. The maximum Gasteiger partial charge on any atom is 0.319 e. The van der Waals surface area contributed by atoms with E-state index >= 15 is 0 Å². The van der Waals surface area contributed by atoms with Crippen molar-refractivity contribution in [2.24, 2.45) is 0 Å². The summed E-state index contributed by atoms with van der Waals surface area (Å²) in [5, 5.41) is 0. The van der Waals surface area contributed by atoms with Crippen LogP contribution in [0.25, 0.3) is 6.08 Å². The molecule has 3 aromatic heterocycles. The summed E-state index contributed by atoms with van der Waals surface area (Å²) in [6, 6.07) is 10.6. The molecule has 0 saturated carbocycles. The molecule has 1 saturated heterocycles. The van der Waals surface area contributed by atoms with Gasteiger partial charge in [-0.1, -0.05) is 30.3 Å². The fraction of sp³-hybridized carbons (Fsp3) is 0.321. The van der Waals surface area contributed by atoms with Crippen molar-refractivity contribution in [2.45, 2.75) is 31.8 Å². The van der Waals surface area contributed by atoms with Crippen LogP contribution in [0.15, 0.2) is 67.4 Å². The third kappa shape index (κ3) is 5.74. The highest BCUT2D eigenvalue weighted by molar-refractivity contribution is 5.92. The van der Waals surface area contributed by atoms with E-state index in [1.54, 1.807) is 18.3 Å². The molecule has 5 rings (SSSR count). The summed E-state index contributed by atoms with van der Waals surface area (Å²) in [7, 11) is 3.01. The minimum atomic E-state index is -0.0485. The number of piperidine rings is 1. The number of carbonyl (C=O) groups excluding carboxylic acids is 1. The molecule has 10 heteroatoms. The van der Waals surface area contributed by atoms with Gasteiger partial charge in [0.15, 0.2) is 0 Å². The molecule has 0 atom stereocenters. The minimum absolute atomic E-state index is 0.0485. The van der Waals surface area contributed by atoms with Crippen LogP contribution in [0.2, 0.25) is 0 Å². The Labute approximate surface area is 221 Å². The highest BCUT2D eigenvalue weighted by Crippen LogP contribution is 2.28. The lowest BCUT2D eigenvalue weighted by atomic mass is 9.95. The Morgan fingerprint density at radius 2 is 1.74 bits per heavy atom. The second-order valence-electron chi connectivity index (χ2n) is 9.12. The maximum atomic E-state index is 12.9. The monoisotopic (exact) mass is 513 g/mol. The summed E-state index contributed by atoms with van der Waals surface area (Å²) in [5.74, 6) is 2.62. The summed E-state index contributed by atoms with van der Waals surface area (Å²) >= 11 is 0. The van der Waals surface area contributed by atoms with E-state index < -0.39 is 0 Å². The molecule has 0 radical (unpaired) electrons. The van der Waals surface area contributed by atoms with Gasteiger partial charge in [0.25, 0.3) is 0 Å². The third-order valence-electron chi connectivity index (χ3n) is 6.77. The van der Waals surface area contributed by atoms with Gasteiger partial charge in [-0.3, -0.25) is 4.79 Å². The first-order valence-corrected chi connectivity index (χ1v) is 12.6. The highest BCUT2D eigenvalue weighted by atomic mass is 16.5. The van der Waals surface area contributed by atoms with E-state index in [9.17, 15) is 4.79 Å². The number of rotatable bonds is 9. The molecule has 0 N–H and O–H groups in total. The molecule has 0 bridgehead atoms. The Balaban J connectivity index is 1.19. The molecule has 1 aliphatic rings. The normalized spacial score (nSPS) is 14.2. The molecule has 0 spiro atoms. The van der Waals surface area contributed by atoms with Crippen LogP contribution in [0, 0.1) is 0 Å². The number of benzene rings is 1. The predicted molar refractivity (Wildman–Crippen MR) is 142 cm³/mol. The number of ether oxygens (including phenoxy) is 2. The van der Waals surface area contributed by atoms with Gasteiger partial charge in [0.2, 0.25) is 11.8 Å². The zero-order valence-corrected chi connectivity index (χ0v) is 21.6. The van der Waals surface area contributed by atoms with Crippen LogP contribution < -0.4 is 9.47 Å². The van der Waals surface area contributed by atoms with Gasteiger partial charge < -0.3 is 23.5 Å². The van der Waals surface area contributed by atoms with Crippen LogP contribution in [-0.2, 0) is 17.9 Å². The number of nitrogens with zero attached hydrogens (tertiary/aromatic N) is 7. The zero-order chi connectivity index (χ0) is 26.3. The fourth-order valence-electron chi connectivity index (χ4n) is 4.74. The van der Waals surface area contributed by atoms with Crippen molar-refractivity contribution in [3.8, 4) is 11.9 Å². The van der Waals surface area contributed by atoms with Crippen molar-refractivity contribution < 1.29 is 14.3 Å². The lowest BCUT2D eigenvalue weighted by Gasteiger charge is -2.31. The minimum Gasteiger partial charge on any atom is -0.480 e. The second kappa shape index (κ2) is 11.7. The topological polar surface area (TPSA) is 100 Å². The lowest BCUT2D eigenvalue weighted by Crippen LogP contribution is -2.37. The summed E-state index contributed by atoms with van der Waals surface area (Å²) < 4.78 is 14.7. The van der Waals surface area contributed by atoms with Crippen LogP contribution in [-0.4, -0.2) is 67.2 Å². The number of aromatic nitrogens is 6. The smallest absolute Gasteiger partial charge is 0.319 e. The Bertz CT molecular complexity index is 1390. The van der Waals surface area contributed by atoms with E-state index in [2.05, 4.69) is 53.3 Å². The highest BCUT2D eigenvalue weighted by Gasteiger charge is 2.26. The van der Waals surface area contributed by atoms with E-state index in [4.69, 9.17) is 9.47 Å². The van der Waals surface area contributed by atoms with E-state index in [0.29, 0.717) is 31.1 Å². The lowest BCUT2D eigenvalue weighted by molar-refractivity contribution is -0.127. The average molecular weight is 514 g/mol. The standard InChI is InChI=1S/C28H31N7O3/c1-37-27-23(18-31-28(32-27)38-2)8-9-25(36)33-14-10-22(11-15-33)26-30-13-17-35(26)20-24-29-12-16-34(24)19-21-6-4-3-5-7-21/h3-9,12-13,16-18,22H,10-11,14-15,19-20H2,1-2H3. The van der Waals surface area contributed by atoms with Crippen LogP contribution in [0.3, 0.4) is 0 Å². The van der Waals surface area contributed by atoms with Crippen molar-refractivity contribution in [1.29, 1.82) is 0 Å². The number of likely N-dealkylation sites (tertiary alicyclic amines) is 1. The maximum absolute atomic E-state index is 12.9. The van der Waals surface area contributed by atoms with Gasteiger partial charge >= 0.3 is 6.01 Å². The van der Waals surface area contributed by atoms with E-state index in [-0.39, 0.29) is 17.8 Å². The van der Waals surface area contributed by atoms with Crippen molar-refractivity contribution in [1.82, 2.24) is 34.0 Å². The fourth-order valence-corrected chi connectivity index (χ4v) is 4.74. The molecule has 1 aromatic carbocycles. The SMILES string of the molecule is COc1ncc(C=CC(=O)N2CCC(c3nccn3Cc3nccn3Cc3ccccc3)CC2)c(OC)n1. The number of methoxy groups -OCH3 is 2. The van der Waals surface area contributed by atoms with Crippen LogP contribution in [0.5, 0.6) is 11.9 Å². The molecule has 10 nitrogen and oxygen atoms in total. The van der Waals surface area contributed by atoms with Gasteiger partial charge in [-0.2, -0.15) is 4.98 Å². The quantitative estimate of drug-likeness (QED) is 0.316. The molecule has 0 aliphatic carbocycles. The number of carbonyl (C=O) groups is 1. The third-order valence-corrected chi connectivity index (χ3v) is 6.77. The van der Waals surface area contributed by atoms with E-state index in [1.165, 1.54) is 19.8 Å². The molecule has 196 valence electrons. The summed E-state index contributed by atoms with van der Waals surface area (Å²) in [5.41, 5.74) is 1.85. The van der Waals surface area contributed by atoms with Crippen molar-refractivity contribution in [3.63, 3.8) is 0 Å². The van der Waals surface area contributed by atoms with Gasteiger partial charge in [0.1, 0.15) is 11.6 Å². The Hall–Kier alpha value is -4.47. The predicted octanol–water partition coefficient (Wildman–Crippen LogP) is 3.40. The Morgan fingerprint density at radius 3 is 2.50 bits per heavy atom. The zero-order valence-electron chi connectivity index (χ0n) is 21.6. The van der Waals surface area contributed by atoms with E-state index in [1.807, 2.05) is 35.8 Å². The molecule has 4 aromatic rings. The van der Waals surface area contributed by atoms with E-state index in [0.717, 1.165) is 31.0 Å². The Morgan fingerprint density at radius 1 is 0.974 bits per heavy atom. The summed E-state index contributed by atoms with van der Waals surface area (Å²) in [6.07, 6.45) is 14.2. The summed E-state index contributed by atoms with van der Waals surface area (Å²) in [6.45, 7) is 2.77. The molecule has 1 amide bonds. The van der Waals surface area contributed by atoms with Crippen LogP contribution >= 0.6 is 0 Å². The summed E-state index contributed by atoms with van der Waals surface area (Å²) in [4.78, 5) is 32.3. The van der Waals surface area contributed by atoms with Gasteiger partial charge in [-0.05, 0) is 24.5 Å². The first kappa shape index (κ1) is 25.2. The molecular weight excluding hydrogens is 482 g/mol. The first-order valence-electron chi connectivity index (χ1n) is 12.6. The molecule has 4 heterocycles. The van der Waals surface area contributed by atoms with Crippen molar-refractivity contribution >= 4 is 12.0 Å². The van der Waals surface area contributed by atoms with Gasteiger partial charge in [-0.15, -0.1) is 0 Å². The van der Waals surface area contributed by atoms with Crippen LogP contribution in [0.4, 0.5) is 0 Å². The molecule has 1 fully saturated rings. The molecule has 1 aliphatic heterocycles. The number of imidazole rings is 2. The molecule has 38 heavy (non-hydrogen) atoms. The molecular formula is C28H31N7O3. The number of hydrogen-bond donors (Lipinski definition) is 0. The first-order chi connectivity index (χ1) is 18.6. The van der Waals surface area contributed by atoms with Crippen molar-refractivity contribution in [3.05, 3.63) is 90.2 Å². The Kier molecular flexibility index (Phi) is 7.77. The van der Waals surface area contributed by atoms with Gasteiger partial charge in [0.05, 0.1) is 26.3 Å². The average Bonchev–Trinajstić information content (AvgIpc) is 3.62. The number of amides is 1. The largest absolute Gasteiger partial charge is 0.480 e. The van der Waals surface area contributed by atoms with Gasteiger partial charge in [0, 0.05) is 62.6 Å². The van der Waals surface area contributed by atoms with Crippen LogP contribution in [0.1, 0.15) is 41.5 Å². The number of hydrogen-bond acceptors (Lipinski definition) is 7. The second-order valence-corrected chi connectivity index (χ2v) is 9.12.